The number of carbonyl (C=O) groups excluding carboxylic acids is 1. The zero-order valence-corrected chi connectivity index (χ0v) is 18.0. The summed E-state index contributed by atoms with van der Waals surface area (Å²) in [5, 5.41) is 3.43. The molecule has 1 amide bonds. The Balaban J connectivity index is 0.00000240. The number of amides is 1. The van der Waals surface area contributed by atoms with Crippen LogP contribution in [-0.2, 0) is 15.6 Å². The minimum Gasteiger partial charge on any atom is -0.339 e. The van der Waals surface area contributed by atoms with Crippen LogP contribution in [0.2, 0.25) is 0 Å². The highest BCUT2D eigenvalue weighted by molar-refractivity contribution is 7.90. The van der Waals surface area contributed by atoms with Gasteiger partial charge in [-0.15, -0.1) is 12.4 Å². The minimum atomic E-state index is -3.50. The van der Waals surface area contributed by atoms with Crippen LogP contribution >= 0.6 is 12.4 Å². The number of likely N-dealkylation sites (tertiary alicyclic amines) is 1. The summed E-state index contributed by atoms with van der Waals surface area (Å²) in [6, 6.07) is 15.6. The van der Waals surface area contributed by atoms with E-state index >= 15 is 0 Å². The SMILES string of the molecule is Cl.O=C(c1cccc(S(=O)(=O)Cc2ccccc2)c1)N1CCC2(CCNC2)CC1. The Morgan fingerprint density at radius 3 is 2.38 bits per heavy atom. The molecule has 2 fully saturated rings. The van der Waals surface area contributed by atoms with E-state index in [-0.39, 0.29) is 29.0 Å². The van der Waals surface area contributed by atoms with Crippen LogP contribution < -0.4 is 5.32 Å². The summed E-state index contributed by atoms with van der Waals surface area (Å²) < 4.78 is 25.6. The number of carbonyl (C=O) groups is 1. The van der Waals surface area contributed by atoms with Gasteiger partial charge in [-0.3, -0.25) is 4.79 Å². The van der Waals surface area contributed by atoms with Gasteiger partial charge < -0.3 is 10.2 Å². The Kier molecular flexibility index (Phi) is 6.66. The molecule has 2 aromatic rings. The molecular weight excluding hydrogens is 408 g/mol. The lowest BCUT2D eigenvalue weighted by molar-refractivity contribution is 0.0607. The number of halogens is 1. The van der Waals surface area contributed by atoms with E-state index < -0.39 is 9.84 Å². The third-order valence-electron chi connectivity index (χ3n) is 6.08. The highest BCUT2D eigenvalue weighted by Crippen LogP contribution is 2.37. The fourth-order valence-electron chi connectivity index (χ4n) is 4.29. The molecule has 5 nitrogen and oxygen atoms in total. The smallest absolute Gasteiger partial charge is 0.253 e. The number of piperidine rings is 1. The summed E-state index contributed by atoms with van der Waals surface area (Å²) in [5.41, 5.74) is 1.54. The minimum absolute atomic E-state index is 0. The van der Waals surface area contributed by atoms with Gasteiger partial charge in [-0.2, -0.15) is 0 Å². The first-order chi connectivity index (χ1) is 13.5. The van der Waals surface area contributed by atoms with E-state index in [1.54, 1.807) is 30.3 Å². The molecule has 2 heterocycles. The number of nitrogens with one attached hydrogen (secondary N) is 1. The maximum absolute atomic E-state index is 13.0. The quantitative estimate of drug-likeness (QED) is 0.801. The van der Waals surface area contributed by atoms with Gasteiger partial charge in [0.2, 0.25) is 0 Å². The van der Waals surface area contributed by atoms with Crippen molar-refractivity contribution in [1.29, 1.82) is 0 Å². The summed E-state index contributed by atoms with van der Waals surface area (Å²) in [6.45, 7) is 3.58. The van der Waals surface area contributed by atoms with Crippen molar-refractivity contribution >= 4 is 28.2 Å². The van der Waals surface area contributed by atoms with Crippen LogP contribution in [0.1, 0.15) is 35.2 Å². The normalized spacial score (nSPS) is 18.4. The van der Waals surface area contributed by atoms with Gasteiger partial charge in [-0.05, 0) is 55.0 Å². The Morgan fingerprint density at radius 1 is 1.00 bits per heavy atom. The Hall–Kier alpha value is -1.89. The van der Waals surface area contributed by atoms with Gasteiger partial charge in [0.1, 0.15) is 0 Å². The monoisotopic (exact) mass is 434 g/mol. The molecule has 0 radical (unpaired) electrons. The summed E-state index contributed by atoms with van der Waals surface area (Å²) in [5.74, 6) is -0.136. The van der Waals surface area contributed by atoms with Crippen molar-refractivity contribution < 1.29 is 13.2 Å². The van der Waals surface area contributed by atoms with Crippen LogP contribution in [0.5, 0.6) is 0 Å². The number of rotatable bonds is 4. The number of nitrogens with zero attached hydrogens (tertiary/aromatic N) is 1. The van der Waals surface area contributed by atoms with Gasteiger partial charge in [0.05, 0.1) is 10.6 Å². The molecule has 156 valence electrons. The van der Waals surface area contributed by atoms with Crippen molar-refractivity contribution in [2.24, 2.45) is 5.41 Å². The van der Waals surface area contributed by atoms with Crippen LogP contribution in [0.15, 0.2) is 59.5 Å². The van der Waals surface area contributed by atoms with E-state index in [0.29, 0.717) is 11.0 Å². The highest BCUT2D eigenvalue weighted by atomic mass is 35.5. The second kappa shape index (κ2) is 8.86. The lowest BCUT2D eigenvalue weighted by atomic mass is 9.78. The number of benzene rings is 2. The van der Waals surface area contributed by atoms with E-state index in [1.165, 1.54) is 12.5 Å². The van der Waals surface area contributed by atoms with Crippen LogP contribution in [0.25, 0.3) is 0 Å². The second-order valence-corrected chi connectivity index (χ2v) is 9.98. The second-order valence-electron chi connectivity index (χ2n) is 7.99. The average Bonchev–Trinajstić information content (AvgIpc) is 3.16. The molecule has 1 N–H and O–H groups in total. The Labute approximate surface area is 178 Å². The van der Waals surface area contributed by atoms with Gasteiger partial charge in [-0.1, -0.05) is 36.4 Å². The third kappa shape index (κ3) is 4.82. The number of sulfone groups is 1. The predicted molar refractivity (Wildman–Crippen MR) is 116 cm³/mol. The number of hydrogen-bond acceptors (Lipinski definition) is 4. The highest BCUT2D eigenvalue weighted by Gasteiger charge is 2.38. The van der Waals surface area contributed by atoms with E-state index in [1.807, 2.05) is 23.1 Å². The molecule has 0 aromatic heterocycles. The van der Waals surface area contributed by atoms with Crippen LogP contribution in [0, 0.1) is 5.41 Å². The zero-order chi connectivity index (χ0) is 19.6. The molecule has 0 aliphatic carbocycles. The van der Waals surface area contributed by atoms with Crippen molar-refractivity contribution in [3.05, 3.63) is 65.7 Å². The molecule has 0 saturated carbocycles. The van der Waals surface area contributed by atoms with E-state index in [4.69, 9.17) is 0 Å². The van der Waals surface area contributed by atoms with E-state index in [9.17, 15) is 13.2 Å². The molecule has 2 saturated heterocycles. The first-order valence-corrected chi connectivity index (χ1v) is 11.5. The molecule has 1 spiro atoms. The molecular formula is C22H27ClN2O3S. The van der Waals surface area contributed by atoms with Gasteiger partial charge in [0, 0.05) is 25.2 Å². The van der Waals surface area contributed by atoms with Crippen molar-refractivity contribution in [3.63, 3.8) is 0 Å². The summed E-state index contributed by atoms with van der Waals surface area (Å²) in [6.07, 6.45) is 3.21. The standard InChI is InChI=1S/C22H26N2O3S.ClH/c25-21(24-13-10-22(11-14-24)9-12-23-17-22)19-7-4-8-20(15-19)28(26,27)16-18-5-2-1-3-6-18;/h1-8,15,23H,9-14,16-17H2;1H. The first kappa shape index (κ1) is 21.8. The summed E-state index contributed by atoms with van der Waals surface area (Å²) >= 11 is 0. The van der Waals surface area contributed by atoms with Crippen LogP contribution in [0.3, 0.4) is 0 Å². The van der Waals surface area contributed by atoms with Crippen LogP contribution in [0.4, 0.5) is 0 Å². The summed E-state index contributed by atoms with van der Waals surface area (Å²) in [7, 11) is -3.50. The summed E-state index contributed by atoms with van der Waals surface area (Å²) in [4.78, 5) is 15.0. The van der Waals surface area contributed by atoms with Crippen molar-refractivity contribution in [2.45, 2.75) is 29.9 Å². The maximum atomic E-state index is 13.0. The molecule has 2 aliphatic rings. The molecule has 0 atom stereocenters. The van der Waals surface area contributed by atoms with E-state index in [2.05, 4.69) is 5.32 Å². The van der Waals surface area contributed by atoms with Crippen molar-refractivity contribution in [2.75, 3.05) is 26.2 Å². The largest absolute Gasteiger partial charge is 0.339 e. The molecule has 2 aliphatic heterocycles. The molecule has 29 heavy (non-hydrogen) atoms. The van der Waals surface area contributed by atoms with E-state index in [0.717, 1.165) is 44.6 Å². The fourth-order valence-corrected chi connectivity index (χ4v) is 5.68. The van der Waals surface area contributed by atoms with Crippen molar-refractivity contribution in [1.82, 2.24) is 10.2 Å². The molecule has 2 aromatic carbocycles. The molecule has 0 unspecified atom stereocenters. The van der Waals surface area contributed by atoms with Gasteiger partial charge in [0.25, 0.3) is 5.91 Å². The maximum Gasteiger partial charge on any atom is 0.253 e. The Morgan fingerprint density at radius 2 is 1.72 bits per heavy atom. The average molecular weight is 435 g/mol. The van der Waals surface area contributed by atoms with Crippen molar-refractivity contribution in [3.8, 4) is 0 Å². The van der Waals surface area contributed by atoms with Crippen LogP contribution in [-0.4, -0.2) is 45.4 Å². The lowest BCUT2D eigenvalue weighted by Gasteiger charge is -2.39. The topological polar surface area (TPSA) is 66.5 Å². The molecule has 7 heteroatoms. The van der Waals surface area contributed by atoms with Gasteiger partial charge in [-0.25, -0.2) is 8.42 Å². The van der Waals surface area contributed by atoms with Gasteiger partial charge in [0.15, 0.2) is 9.84 Å². The Bertz CT molecular complexity index is 947. The zero-order valence-electron chi connectivity index (χ0n) is 16.3. The first-order valence-electron chi connectivity index (χ1n) is 9.84. The fraction of sp³-hybridized carbons (Fsp3) is 0.409. The predicted octanol–water partition coefficient (Wildman–Crippen LogP) is 3.30. The molecule has 4 rings (SSSR count). The third-order valence-corrected chi connectivity index (χ3v) is 7.77. The van der Waals surface area contributed by atoms with Gasteiger partial charge >= 0.3 is 0 Å². The molecule has 0 bridgehead atoms. The number of hydrogen-bond donors (Lipinski definition) is 1. The lowest BCUT2D eigenvalue weighted by Crippen LogP contribution is -2.44.